The molecule has 0 bridgehead atoms. The number of nitrogens with zero attached hydrogens (tertiary/aromatic N) is 5. The number of carbonyl (C=O) groups is 1. The number of anilines is 1. The number of azo groups is 1. The minimum atomic E-state index is -0.814. The molecule has 0 amide bonds. The lowest BCUT2D eigenvalue weighted by molar-refractivity contribution is -0.384. The molecule has 0 aliphatic rings. The molecule has 0 saturated heterocycles. The van der Waals surface area contributed by atoms with Gasteiger partial charge < -0.3 is 10.0 Å². The molecule has 1 N–H and O–H groups in total. The Bertz CT molecular complexity index is 1100. The SMILES string of the molecule is CCCCCCN(CCC(=O)O)c1ccc(N=Nc2snc3ccc([N+](=O)[O-])cc23)cc1. The van der Waals surface area contributed by atoms with Crippen LogP contribution in [0.2, 0.25) is 0 Å². The van der Waals surface area contributed by atoms with Gasteiger partial charge in [0.2, 0.25) is 0 Å². The first-order valence-corrected chi connectivity index (χ1v) is 11.3. The molecule has 3 rings (SSSR count). The Morgan fingerprint density at radius 2 is 1.91 bits per heavy atom. The summed E-state index contributed by atoms with van der Waals surface area (Å²) in [6.45, 7) is 3.42. The van der Waals surface area contributed by atoms with Gasteiger partial charge >= 0.3 is 5.97 Å². The van der Waals surface area contributed by atoms with E-state index >= 15 is 0 Å². The Morgan fingerprint density at radius 3 is 2.59 bits per heavy atom. The third kappa shape index (κ3) is 6.30. The molecule has 0 saturated carbocycles. The monoisotopic (exact) mass is 455 g/mol. The van der Waals surface area contributed by atoms with Crippen LogP contribution < -0.4 is 4.90 Å². The molecule has 32 heavy (non-hydrogen) atoms. The van der Waals surface area contributed by atoms with Gasteiger partial charge in [-0.1, -0.05) is 26.2 Å². The molecule has 10 heteroatoms. The lowest BCUT2D eigenvalue weighted by atomic mass is 10.2. The smallest absolute Gasteiger partial charge is 0.305 e. The van der Waals surface area contributed by atoms with Crippen molar-refractivity contribution < 1.29 is 14.8 Å². The number of carboxylic acid groups (broad SMARTS) is 1. The molecule has 0 unspecified atom stereocenters. The molecular weight excluding hydrogens is 430 g/mol. The minimum Gasteiger partial charge on any atom is -0.481 e. The van der Waals surface area contributed by atoms with Gasteiger partial charge in [0.25, 0.3) is 5.69 Å². The summed E-state index contributed by atoms with van der Waals surface area (Å²) in [5, 5.41) is 29.7. The van der Waals surface area contributed by atoms with Crippen LogP contribution in [-0.4, -0.2) is 33.5 Å². The Morgan fingerprint density at radius 1 is 1.12 bits per heavy atom. The van der Waals surface area contributed by atoms with Crippen LogP contribution >= 0.6 is 11.5 Å². The molecular formula is C22H25N5O4S. The van der Waals surface area contributed by atoms with Crippen LogP contribution in [0, 0.1) is 10.1 Å². The van der Waals surface area contributed by atoms with Crippen molar-refractivity contribution in [3.8, 4) is 0 Å². The number of hydrogen-bond donors (Lipinski definition) is 1. The highest BCUT2D eigenvalue weighted by atomic mass is 32.1. The average Bonchev–Trinajstić information content (AvgIpc) is 3.19. The molecule has 0 radical (unpaired) electrons. The van der Waals surface area contributed by atoms with Crippen molar-refractivity contribution in [1.29, 1.82) is 0 Å². The number of non-ortho nitro benzene ring substituents is 1. The Hall–Kier alpha value is -3.40. The van der Waals surface area contributed by atoms with Crippen molar-refractivity contribution in [3.63, 3.8) is 0 Å². The van der Waals surface area contributed by atoms with Gasteiger partial charge in [-0.3, -0.25) is 14.9 Å². The Kier molecular flexibility index (Phi) is 8.20. The number of aliphatic carboxylic acids is 1. The fraction of sp³-hybridized carbons (Fsp3) is 0.364. The van der Waals surface area contributed by atoms with Crippen molar-refractivity contribution in [2.24, 2.45) is 10.2 Å². The van der Waals surface area contributed by atoms with Gasteiger partial charge in [-0.15, -0.1) is 10.2 Å². The third-order valence-corrected chi connectivity index (χ3v) is 5.76. The molecule has 1 aromatic heterocycles. The van der Waals surface area contributed by atoms with E-state index in [0.29, 0.717) is 28.1 Å². The predicted octanol–water partition coefficient (Wildman–Crippen LogP) is 6.48. The second-order valence-electron chi connectivity index (χ2n) is 7.35. The van der Waals surface area contributed by atoms with Crippen LogP contribution in [0.15, 0.2) is 52.7 Å². The number of aromatic nitrogens is 1. The van der Waals surface area contributed by atoms with Gasteiger partial charge in [0.05, 0.1) is 22.5 Å². The summed E-state index contributed by atoms with van der Waals surface area (Å²) in [6.07, 6.45) is 4.53. The molecule has 1 heterocycles. The summed E-state index contributed by atoms with van der Waals surface area (Å²) >= 11 is 1.14. The van der Waals surface area contributed by atoms with Gasteiger partial charge in [-0.2, -0.15) is 4.37 Å². The van der Waals surface area contributed by atoms with Crippen molar-refractivity contribution in [2.45, 2.75) is 39.0 Å². The van der Waals surface area contributed by atoms with Gasteiger partial charge in [-0.05, 0) is 48.3 Å². The first-order chi connectivity index (χ1) is 15.5. The van der Waals surface area contributed by atoms with E-state index in [9.17, 15) is 14.9 Å². The van der Waals surface area contributed by atoms with Gasteiger partial charge in [0.15, 0.2) is 5.00 Å². The minimum absolute atomic E-state index is 0.0149. The van der Waals surface area contributed by atoms with Crippen LogP contribution in [0.25, 0.3) is 10.9 Å². The maximum atomic E-state index is 11.0. The van der Waals surface area contributed by atoms with E-state index in [2.05, 4.69) is 26.4 Å². The van der Waals surface area contributed by atoms with Crippen LogP contribution in [-0.2, 0) is 4.79 Å². The zero-order valence-electron chi connectivity index (χ0n) is 17.8. The quantitative estimate of drug-likeness (QED) is 0.144. The van der Waals surface area contributed by atoms with E-state index in [-0.39, 0.29) is 12.1 Å². The van der Waals surface area contributed by atoms with Crippen LogP contribution in [0.1, 0.15) is 39.0 Å². The second-order valence-corrected chi connectivity index (χ2v) is 8.11. The summed E-state index contributed by atoms with van der Waals surface area (Å²) < 4.78 is 4.26. The van der Waals surface area contributed by atoms with Gasteiger partial charge in [-0.25, -0.2) is 0 Å². The molecule has 0 aliphatic heterocycles. The fourth-order valence-electron chi connectivity index (χ4n) is 3.27. The van der Waals surface area contributed by atoms with E-state index in [1.54, 1.807) is 6.07 Å². The molecule has 0 spiro atoms. The first-order valence-electron chi connectivity index (χ1n) is 10.5. The maximum Gasteiger partial charge on any atom is 0.305 e. The molecule has 0 atom stereocenters. The van der Waals surface area contributed by atoms with Crippen LogP contribution in [0.3, 0.4) is 0 Å². The highest BCUT2D eigenvalue weighted by Gasteiger charge is 2.12. The standard InChI is InChI=1S/C22H25N5O4S/c1-2-3-4-5-13-26(14-12-21(28)29)17-8-6-16(7-9-17)23-24-22-19-15-18(27(30)31)10-11-20(19)25-32-22/h6-11,15H,2-5,12-14H2,1H3,(H,28,29). The molecule has 168 valence electrons. The number of nitro groups is 1. The Labute approximate surface area is 189 Å². The highest BCUT2D eigenvalue weighted by Crippen LogP contribution is 2.34. The van der Waals surface area contributed by atoms with Crippen molar-refractivity contribution >= 4 is 50.5 Å². The van der Waals surface area contributed by atoms with E-state index in [4.69, 9.17) is 5.11 Å². The fourth-order valence-corrected chi connectivity index (χ4v) is 3.95. The number of fused-ring (bicyclic) bond motifs is 1. The Balaban J connectivity index is 1.72. The number of carboxylic acids is 1. The molecule has 3 aromatic rings. The summed E-state index contributed by atoms with van der Waals surface area (Å²) in [5.74, 6) is -0.814. The van der Waals surface area contributed by atoms with Gasteiger partial charge in [0.1, 0.15) is 0 Å². The topological polar surface area (TPSA) is 121 Å². The summed E-state index contributed by atoms with van der Waals surface area (Å²) in [4.78, 5) is 23.7. The number of rotatable bonds is 12. The molecule has 0 fully saturated rings. The molecule has 2 aromatic carbocycles. The summed E-state index contributed by atoms with van der Waals surface area (Å²) in [5.41, 5.74) is 2.20. The van der Waals surface area contributed by atoms with Crippen LogP contribution in [0.4, 0.5) is 22.1 Å². The van der Waals surface area contributed by atoms with Gasteiger partial charge in [0, 0.05) is 36.3 Å². The zero-order chi connectivity index (χ0) is 22.9. The highest BCUT2D eigenvalue weighted by molar-refractivity contribution is 7.11. The van der Waals surface area contributed by atoms with E-state index in [1.165, 1.54) is 18.6 Å². The average molecular weight is 456 g/mol. The van der Waals surface area contributed by atoms with Crippen LogP contribution in [0.5, 0.6) is 0 Å². The van der Waals surface area contributed by atoms with Crippen molar-refractivity contribution in [2.75, 3.05) is 18.0 Å². The third-order valence-electron chi connectivity index (χ3n) is 5.00. The van der Waals surface area contributed by atoms with E-state index < -0.39 is 10.9 Å². The van der Waals surface area contributed by atoms with E-state index in [1.807, 2.05) is 24.3 Å². The summed E-state index contributed by atoms with van der Waals surface area (Å²) in [6, 6.07) is 11.9. The molecule has 0 aliphatic carbocycles. The first kappa shape index (κ1) is 23.3. The second kappa shape index (κ2) is 11.3. The zero-order valence-corrected chi connectivity index (χ0v) is 18.6. The lowest BCUT2D eigenvalue weighted by Crippen LogP contribution is -2.27. The number of hydrogen-bond acceptors (Lipinski definition) is 8. The number of nitro benzene ring substituents is 1. The summed E-state index contributed by atoms with van der Waals surface area (Å²) in [7, 11) is 0. The largest absolute Gasteiger partial charge is 0.481 e. The van der Waals surface area contributed by atoms with E-state index in [0.717, 1.165) is 43.0 Å². The number of unbranched alkanes of at least 4 members (excludes halogenated alkanes) is 3. The predicted molar refractivity (Wildman–Crippen MR) is 126 cm³/mol. The maximum absolute atomic E-state index is 11.0. The van der Waals surface area contributed by atoms with Crippen molar-refractivity contribution in [3.05, 3.63) is 52.6 Å². The molecule has 9 nitrogen and oxygen atoms in total. The lowest BCUT2D eigenvalue weighted by Gasteiger charge is -2.24. The van der Waals surface area contributed by atoms with Crippen molar-refractivity contribution in [1.82, 2.24) is 4.37 Å². The normalized spacial score (nSPS) is 11.3. The number of benzene rings is 2.